The number of nitrogens with one attached hydrogen (secondary N) is 1. The summed E-state index contributed by atoms with van der Waals surface area (Å²) in [7, 11) is 2.05. The Kier molecular flexibility index (Phi) is 5.61. The Morgan fingerprint density at radius 1 is 1.08 bits per heavy atom. The van der Waals surface area contributed by atoms with Crippen molar-refractivity contribution in [2.24, 2.45) is 5.73 Å². The van der Waals surface area contributed by atoms with E-state index in [0.717, 1.165) is 43.1 Å². The largest absolute Gasteiger partial charge is 0.451 e. The highest BCUT2D eigenvalue weighted by Gasteiger charge is 2.33. The third kappa shape index (κ3) is 3.95. The Hall–Kier alpha value is -3.95. The summed E-state index contributed by atoms with van der Waals surface area (Å²) in [5.41, 5.74) is 7.07. The van der Waals surface area contributed by atoms with Crippen molar-refractivity contribution in [3.63, 3.8) is 0 Å². The van der Waals surface area contributed by atoms with Crippen LogP contribution in [0.3, 0.4) is 0 Å². The lowest BCUT2D eigenvalue weighted by molar-refractivity contribution is 0.0915. The summed E-state index contributed by atoms with van der Waals surface area (Å²) < 4.78 is 24.1. The molecule has 0 bridgehead atoms. The van der Waals surface area contributed by atoms with Gasteiger partial charge in [-0.15, -0.1) is 0 Å². The number of ether oxygens (including phenoxy) is 1. The molecule has 1 aromatic heterocycles. The number of carbonyl (C=O) groups excluding carboxylic acids is 1. The molecule has 3 N–H and O–H groups in total. The van der Waals surface area contributed by atoms with E-state index >= 15 is 4.39 Å². The number of nitrogens with zero attached hydrogens (tertiary/aromatic N) is 3. The highest BCUT2D eigenvalue weighted by atomic mass is 19.1. The van der Waals surface area contributed by atoms with Crippen molar-refractivity contribution < 1.29 is 13.9 Å². The summed E-state index contributed by atoms with van der Waals surface area (Å²) in [6.07, 6.45) is 3.95. The van der Waals surface area contributed by atoms with Crippen molar-refractivity contribution in [1.29, 1.82) is 0 Å². The van der Waals surface area contributed by atoms with Crippen LogP contribution in [0.4, 0.5) is 10.1 Å². The van der Waals surface area contributed by atoms with Gasteiger partial charge in [0.25, 0.3) is 5.91 Å². The number of amides is 1. The molecule has 2 saturated heterocycles. The number of anilines is 1. The van der Waals surface area contributed by atoms with E-state index in [9.17, 15) is 9.59 Å². The lowest BCUT2D eigenvalue weighted by Gasteiger charge is -2.30. The molecule has 200 valence electrons. The second kappa shape index (κ2) is 9.07. The zero-order valence-electron chi connectivity index (χ0n) is 21.7. The number of rotatable bonds is 3. The normalized spacial score (nSPS) is 19.4. The summed E-state index contributed by atoms with van der Waals surface area (Å²) in [4.78, 5) is 31.3. The molecule has 3 aliphatic heterocycles. The van der Waals surface area contributed by atoms with Gasteiger partial charge in [0.05, 0.1) is 11.1 Å². The highest BCUT2D eigenvalue weighted by molar-refractivity contribution is 6.02. The summed E-state index contributed by atoms with van der Waals surface area (Å²) in [6.45, 7) is 2.83. The van der Waals surface area contributed by atoms with E-state index in [1.807, 2.05) is 45.9 Å². The fourth-order valence-corrected chi connectivity index (χ4v) is 6.15. The molecule has 0 saturated carbocycles. The molecular formula is C30H30FN5O3. The molecule has 0 spiro atoms. The third-order valence-corrected chi connectivity index (χ3v) is 8.31. The minimum absolute atomic E-state index is 0.0104. The summed E-state index contributed by atoms with van der Waals surface area (Å²) in [5, 5.41) is 5.12. The second-order valence-corrected chi connectivity index (χ2v) is 11.0. The predicted octanol–water partition coefficient (Wildman–Crippen LogP) is 3.75. The topological polar surface area (TPSA) is 92.8 Å². The molecule has 4 heterocycles. The van der Waals surface area contributed by atoms with E-state index in [4.69, 9.17) is 10.5 Å². The minimum atomic E-state index is -0.563. The van der Waals surface area contributed by atoms with Crippen LogP contribution in [-0.4, -0.2) is 60.7 Å². The quantitative estimate of drug-likeness (QED) is 0.371. The van der Waals surface area contributed by atoms with E-state index < -0.39 is 17.2 Å². The zero-order chi connectivity index (χ0) is 26.8. The Morgan fingerprint density at radius 3 is 2.54 bits per heavy atom. The SMILES string of the molecule is CN1CCC(NC(=O)c2cn3c4c(c(N5CCC(N)C5)c(F)cc4c2=O)Oc2cc4ccccc4cc2-3)CC1. The molecule has 0 radical (unpaired) electrons. The molecule has 3 aliphatic rings. The first-order chi connectivity index (χ1) is 18.9. The Labute approximate surface area is 224 Å². The van der Waals surface area contributed by atoms with Crippen LogP contribution in [0.1, 0.15) is 29.6 Å². The number of carbonyl (C=O) groups is 1. The fraction of sp³-hybridized carbons (Fsp3) is 0.333. The average Bonchev–Trinajstić information content (AvgIpc) is 3.35. The summed E-state index contributed by atoms with van der Waals surface area (Å²) in [6, 6.07) is 13.0. The van der Waals surface area contributed by atoms with Crippen LogP contribution in [0.25, 0.3) is 27.4 Å². The predicted molar refractivity (Wildman–Crippen MR) is 150 cm³/mol. The number of nitrogens with two attached hydrogens (primary N) is 1. The van der Waals surface area contributed by atoms with Crippen molar-refractivity contribution in [3.05, 3.63) is 70.3 Å². The van der Waals surface area contributed by atoms with Crippen LogP contribution in [0, 0.1) is 5.82 Å². The van der Waals surface area contributed by atoms with Gasteiger partial charge in [-0.3, -0.25) is 9.59 Å². The van der Waals surface area contributed by atoms with E-state index in [0.29, 0.717) is 35.7 Å². The highest BCUT2D eigenvalue weighted by Crippen LogP contribution is 2.48. The summed E-state index contributed by atoms with van der Waals surface area (Å²) in [5.74, 6) is -0.192. The van der Waals surface area contributed by atoms with Gasteiger partial charge in [0.2, 0.25) is 5.43 Å². The van der Waals surface area contributed by atoms with Gasteiger partial charge in [-0.2, -0.15) is 0 Å². The van der Waals surface area contributed by atoms with Gasteiger partial charge >= 0.3 is 0 Å². The van der Waals surface area contributed by atoms with Crippen molar-refractivity contribution in [1.82, 2.24) is 14.8 Å². The maximum Gasteiger partial charge on any atom is 0.257 e. The lowest BCUT2D eigenvalue weighted by atomic mass is 10.0. The molecule has 9 heteroatoms. The Bertz CT molecular complexity index is 1710. The molecule has 1 unspecified atom stereocenters. The number of piperidine rings is 1. The van der Waals surface area contributed by atoms with Gasteiger partial charge in [-0.25, -0.2) is 4.39 Å². The van der Waals surface area contributed by atoms with E-state index in [1.54, 1.807) is 6.20 Å². The first-order valence-electron chi connectivity index (χ1n) is 13.5. The maximum absolute atomic E-state index is 15.8. The van der Waals surface area contributed by atoms with Crippen molar-refractivity contribution in [2.75, 3.05) is 38.1 Å². The van der Waals surface area contributed by atoms with Gasteiger partial charge < -0.3 is 30.2 Å². The lowest BCUT2D eigenvalue weighted by Crippen LogP contribution is -2.44. The van der Waals surface area contributed by atoms with Crippen molar-refractivity contribution in [3.8, 4) is 17.2 Å². The van der Waals surface area contributed by atoms with Gasteiger partial charge in [0, 0.05) is 31.4 Å². The monoisotopic (exact) mass is 527 g/mol. The molecule has 1 atom stereocenters. The van der Waals surface area contributed by atoms with Crippen LogP contribution >= 0.6 is 0 Å². The van der Waals surface area contributed by atoms with Crippen LogP contribution in [0.5, 0.6) is 11.5 Å². The molecule has 39 heavy (non-hydrogen) atoms. The molecule has 8 nitrogen and oxygen atoms in total. The second-order valence-electron chi connectivity index (χ2n) is 11.0. The number of likely N-dealkylation sites (tertiary alicyclic amines) is 1. The van der Waals surface area contributed by atoms with Crippen molar-refractivity contribution >= 4 is 33.3 Å². The van der Waals surface area contributed by atoms with Crippen LogP contribution in [0.15, 0.2) is 53.5 Å². The number of halogens is 1. The summed E-state index contributed by atoms with van der Waals surface area (Å²) >= 11 is 0. The zero-order valence-corrected chi connectivity index (χ0v) is 21.7. The third-order valence-electron chi connectivity index (χ3n) is 8.31. The van der Waals surface area contributed by atoms with Gasteiger partial charge in [0.15, 0.2) is 17.3 Å². The molecule has 4 aromatic rings. The molecule has 0 aliphatic carbocycles. The number of fused-ring (bicyclic) bond motifs is 3. The smallest absolute Gasteiger partial charge is 0.257 e. The number of benzene rings is 3. The first kappa shape index (κ1) is 24.1. The molecule has 3 aromatic carbocycles. The van der Waals surface area contributed by atoms with Crippen molar-refractivity contribution in [2.45, 2.75) is 31.3 Å². The number of hydrogen-bond donors (Lipinski definition) is 2. The maximum atomic E-state index is 15.8. The van der Waals surface area contributed by atoms with Gasteiger partial charge in [0.1, 0.15) is 16.8 Å². The first-order valence-corrected chi connectivity index (χ1v) is 13.5. The number of pyridine rings is 1. The molecule has 7 rings (SSSR count). The Morgan fingerprint density at radius 2 is 1.82 bits per heavy atom. The van der Waals surface area contributed by atoms with Crippen LogP contribution < -0.4 is 26.1 Å². The molecule has 1 amide bonds. The van der Waals surface area contributed by atoms with Crippen LogP contribution in [0.2, 0.25) is 0 Å². The number of aromatic nitrogens is 1. The number of hydrogen-bond acceptors (Lipinski definition) is 6. The Balaban J connectivity index is 1.44. The molecule has 2 fully saturated rings. The van der Waals surface area contributed by atoms with Crippen LogP contribution in [-0.2, 0) is 0 Å². The fourth-order valence-electron chi connectivity index (χ4n) is 6.15. The van der Waals surface area contributed by atoms with E-state index in [1.165, 1.54) is 6.07 Å². The van der Waals surface area contributed by atoms with E-state index in [-0.39, 0.29) is 28.8 Å². The molecular weight excluding hydrogens is 497 g/mol. The van der Waals surface area contributed by atoms with Gasteiger partial charge in [-0.05, 0) is 68.4 Å². The van der Waals surface area contributed by atoms with E-state index in [2.05, 4.69) is 17.3 Å². The standard InChI is InChI=1S/C30H30FN5O3/c1-34-9-7-20(8-10-34)33-30(38)22-16-36-24-12-17-4-2-3-5-18(17)13-25(24)39-29-26(36)21(28(22)37)14-23(31)27(29)35-11-6-19(32)15-35/h2-5,12-14,16,19-20H,6-11,15,32H2,1H3,(H,33,38). The van der Waals surface area contributed by atoms with Gasteiger partial charge in [-0.1, -0.05) is 24.3 Å². The minimum Gasteiger partial charge on any atom is -0.451 e. The average molecular weight is 528 g/mol.